The van der Waals surface area contributed by atoms with Gasteiger partial charge in [0.1, 0.15) is 5.75 Å². The number of methoxy groups -OCH3 is 1. The average molecular weight is 332 g/mol. The van der Waals surface area contributed by atoms with Gasteiger partial charge in [0.25, 0.3) is 0 Å². The third kappa shape index (κ3) is 3.53. The summed E-state index contributed by atoms with van der Waals surface area (Å²) in [7, 11) is 3.44. The lowest BCUT2D eigenvalue weighted by Gasteiger charge is -2.25. The maximum Gasteiger partial charge on any atom is 0.225 e. The van der Waals surface area contributed by atoms with E-state index in [-0.39, 0.29) is 24.0 Å². The molecule has 1 aromatic carbocycles. The van der Waals surface area contributed by atoms with E-state index in [0.717, 1.165) is 11.3 Å². The first-order valence-corrected chi connectivity index (χ1v) is 8.36. The fourth-order valence-electron chi connectivity index (χ4n) is 3.36. The van der Waals surface area contributed by atoms with Crippen LogP contribution in [0, 0.1) is 0 Å². The smallest absolute Gasteiger partial charge is 0.225 e. The van der Waals surface area contributed by atoms with Gasteiger partial charge in [-0.1, -0.05) is 12.1 Å². The first kappa shape index (κ1) is 16.8. The second-order valence-electron chi connectivity index (χ2n) is 6.38. The molecule has 0 saturated carbocycles. The third-order valence-corrected chi connectivity index (χ3v) is 4.91. The highest BCUT2D eigenvalue weighted by Crippen LogP contribution is 2.23. The molecule has 130 valence electrons. The van der Waals surface area contributed by atoms with Crippen LogP contribution in [0.15, 0.2) is 24.3 Å². The van der Waals surface area contributed by atoms with Crippen LogP contribution in [-0.2, 0) is 20.7 Å². The fraction of sp³-hybridized carbons (Fsp3) is 0.556. The van der Waals surface area contributed by atoms with Crippen LogP contribution in [0.3, 0.4) is 0 Å². The van der Waals surface area contributed by atoms with Crippen LogP contribution in [0.25, 0.3) is 0 Å². The van der Waals surface area contributed by atoms with Gasteiger partial charge in [-0.15, -0.1) is 0 Å². The van der Waals surface area contributed by atoms with Gasteiger partial charge in [-0.2, -0.15) is 0 Å². The van der Waals surface area contributed by atoms with E-state index >= 15 is 0 Å². The van der Waals surface area contributed by atoms with E-state index in [1.165, 1.54) is 0 Å². The van der Waals surface area contributed by atoms with E-state index in [9.17, 15) is 9.59 Å². The van der Waals surface area contributed by atoms with E-state index in [4.69, 9.17) is 9.47 Å². The van der Waals surface area contributed by atoms with Crippen molar-refractivity contribution in [3.63, 3.8) is 0 Å². The molecule has 1 aromatic rings. The van der Waals surface area contributed by atoms with Crippen LogP contribution in [0.4, 0.5) is 0 Å². The lowest BCUT2D eigenvalue weighted by Crippen LogP contribution is -2.43. The van der Waals surface area contributed by atoms with Gasteiger partial charge in [0.05, 0.1) is 32.3 Å². The number of aryl methyl sites for hydroxylation is 1. The standard InChI is InChI=1S/C18H24N2O4/c1-19-15-11-20(12-16(15)24-10-9-17(19)21)18(22)8-5-13-3-6-14(23-2)7-4-13/h3-4,6-7,15-16H,5,8-12H2,1-2H3/t15-,16-/m0/s1. The Morgan fingerprint density at radius 2 is 2.04 bits per heavy atom. The molecule has 2 atom stereocenters. The summed E-state index contributed by atoms with van der Waals surface area (Å²) in [5.74, 6) is 1.02. The summed E-state index contributed by atoms with van der Waals surface area (Å²) in [4.78, 5) is 28.0. The lowest BCUT2D eigenvalue weighted by atomic mass is 10.1. The van der Waals surface area contributed by atoms with Gasteiger partial charge in [0.2, 0.25) is 11.8 Å². The highest BCUT2D eigenvalue weighted by molar-refractivity contribution is 5.79. The summed E-state index contributed by atoms with van der Waals surface area (Å²) < 4.78 is 10.9. The number of hydrogen-bond acceptors (Lipinski definition) is 4. The number of benzene rings is 1. The number of likely N-dealkylation sites (tertiary alicyclic amines) is 1. The number of fused-ring (bicyclic) bond motifs is 1. The zero-order chi connectivity index (χ0) is 17.1. The number of carbonyl (C=O) groups is 2. The number of nitrogens with zero attached hydrogens (tertiary/aromatic N) is 2. The SMILES string of the molecule is COc1ccc(CCC(=O)N2C[C@@H]3OCCC(=O)N(C)[C@H]3C2)cc1. The maximum atomic E-state index is 12.5. The summed E-state index contributed by atoms with van der Waals surface area (Å²) in [5, 5.41) is 0. The predicted molar refractivity (Wildman–Crippen MR) is 88.8 cm³/mol. The number of hydrogen-bond donors (Lipinski definition) is 0. The highest BCUT2D eigenvalue weighted by atomic mass is 16.5. The topological polar surface area (TPSA) is 59.1 Å². The van der Waals surface area contributed by atoms with Crippen molar-refractivity contribution < 1.29 is 19.1 Å². The van der Waals surface area contributed by atoms with Crippen LogP contribution in [-0.4, -0.2) is 67.6 Å². The first-order chi connectivity index (χ1) is 11.6. The molecule has 2 heterocycles. The molecule has 2 fully saturated rings. The Hall–Kier alpha value is -2.08. The molecule has 2 aliphatic heterocycles. The van der Waals surface area contributed by atoms with Gasteiger partial charge in [0, 0.05) is 26.6 Å². The predicted octanol–water partition coefficient (Wildman–Crippen LogP) is 1.09. The van der Waals surface area contributed by atoms with Crippen molar-refractivity contribution >= 4 is 11.8 Å². The second kappa shape index (κ2) is 7.21. The zero-order valence-corrected chi connectivity index (χ0v) is 14.2. The number of amides is 2. The van der Waals surface area contributed by atoms with Gasteiger partial charge < -0.3 is 19.3 Å². The van der Waals surface area contributed by atoms with Gasteiger partial charge in [-0.25, -0.2) is 0 Å². The van der Waals surface area contributed by atoms with Gasteiger partial charge in [-0.05, 0) is 24.1 Å². The Morgan fingerprint density at radius 1 is 1.29 bits per heavy atom. The largest absolute Gasteiger partial charge is 0.497 e. The molecular formula is C18H24N2O4. The highest BCUT2D eigenvalue weighted by Gasteiger charge is 2.41. The zero-order valence-electron chi connectivity index (χ0n) is 14.2. The Bertz CT molecular complexity index is 602. The maximum absolute atomic E-state index is 12.5. The molecule has 2 saturated heterocycles. The van der Waals surface area contributed by atoms with Crippen molar-refractivity contribution in [1.82, 2.24) is 9.80 Å². The molecule has 2 aliphatic rings. The minimum Gasteiger partial charge on any atom is -0.497 e. The molecule has 0 radical (unpaired) electrons. The van der Waals surface area contributed by atoms with Crippen molar-refractivity contribution in [2.75, 3.05) is 33.9 Å². The monoisotopic (exact) mass is 332 g/mol. The minimum atomic E-state index is -0.0635. The van der Waals surface area contributed by atoms with E-state index in [0.29, 0.717) is 39.0 Å². The summed E-state index contributed by atoms with van der Waals surface area (Å²) >= 11 is 0. The Kier molecular flexibility index (Phi) is 5.04. The molecule has 0 N–H and O–H groups in total. The van der Waals surface area contributed by atoms with Gasteiger partial charge in [-0.3, -0.25) is 9.59 Å². The van der Waals surface area contributed by atoms with E-state index in [1.807, 2.05) is 29.2 Å². The molecule has 0 bridgehead atoms. The van der Waals surface area contributed by atoms with Crippen LogP contribution in [0.5, 0.6) is 5.75 Å². The van der Waals surface area contributed by atoms with Crippen LogP contribution in [0.1, 0.15) is 18.4 Å². The number of likely N-dealkylation sites (N-methyl/N-ethyl adjacent to an activating group) is 1. The quantitative estimate of drug-likeness (QED) is 0.828. The number of carbonyl (C=O) groups excluding carboxylic acids is 2. The summed E-state index contributed by atoms with van der Waals surface area (Å²) in [6.45, 7) is 1.58. The molecule has 6 nitrogen and oxygen atoms in total. The van der Waals surface area contributed by atoms with Crippen molar-refractivity contribution in [2.24, 2.45) is 0 Å². The average Bonchev–Trinajstić information content (AvgIpc) is 2.98. The minimum absolute atomic E-state index is 0.0232. The summed E-state index contributed by atoms with van der Waals surface area (Å²) in [5.41, 5.74) is 1.11. The molecule has 24 heavy (non-hydrogen) atoms. The molecular weight excluding hydrogens is 308 g/mol. The first-order valence-electron chi connectivity index (χ1n) is 8.36. The van der Waals surface area contributed by atoms with E-state index < -0.39 is 0 Å². The number of rotatable bonds is 4. The van der Waals surface area contributed by atoms with Crippen molar-refractivity contribution in [1.29, 1.82) is 0 Å². The fourth-order valence-corrected chi connectivity index (χ4v) is 3.36. The van der Waals surface area contributed by atoms with Crippen LogP contribution >= 0.6 is 0 Å². The Morgan fingerprint density at radius 3 is 2.75 bits per heavy atom. The molecule has 2 amide bonds. The molecule has 6 heteroatoms. The Balaban J connectivity index is 1.55. The molecule has 0 spiro atoms. The Labute approximate surface area is 142 Å². The molecule has 0 aromatic heterocycles. The van der Waals surface area contributed by atoms with Crippen molar-refractivity contribution in [3.05, 3.63) is 29.8 Å². The van der Waals surface area contributed by atoms with Crippen molar-refractivity contribution in [2.45, 2.75) is 31.4 Å². The lowest BCUT2D eigenvalue weighted by molar-refractivity contribution is -0.133. The van der Waals surface area contributed by atoms with Crippen LogP contribution in [0.2, 0.25) is 0 Å². The van der Waals surface area contributed by atoms with Crippen molar-refractivity contribution in [3.8, 4) is 5.75 Å². The molecule has 0 unspecified atom stereocenters. The van der Waals surface area contributed by atoms with Gasteiger partial charge in [0.15, 0.2) is 0 Å². The molecule has 3 rings (SSSR count). The van der Waals surface area contributed by atoms with E-state index in [1.54, 1.807) is 19.1 Å². The normalized spacial score (nSPS) is 23.8. The summed E-state index contributed by atoms with van der Waals surface area (Å²) in [6, 6.07) is 7.75. The van der Waals surface area contributed by atoms with Gasteiger partial charge >= 0.3 is 0 Å². The summed E-state index contributed by atoms with van der Waals surface area (Å²) in [6.07, 6.45) is 1.52. The van der Waals surface area contributed by atoms with E-state index in [2.05, 4.69) is 0 Å². The second-order valence-corrected chi connectivity index (χ2v) is 6.38. The van der Waals surface area contributed by atoms with Crippen LogP contribution < -0.4 is 4.74 Å². The number of ether oxygens (including phenoxy) is 2. The molecule has 0 aliphatic carbocycles. The third-order valence-electron chi connectivity index (χ3n) is 4.91.